The molecule has 1 aromatic heterocycles. The number of anilines is 1. The maximum absolute atomic E-state index is 4.96. The van der Waals surface area contributed by atoms with Gasteiger partial charge in [-0.05, 0) is 69.1 Å². The largest absolute Gasteiger partial charge is 0.368 e. The van der Waals surface area contributed by atoms with Crippen molar-refractivity contribution in [3.8, 4) is 0 Å². The van der Waals surface area contributed by atoms with E-state index in [-0.39, 0.29) is 0 Å². The summed E-state index contributed by atoms with van der Waals surface area (Å²) in [6.07, 6.45) is 6.41. The molecule has 2 heteroatoms. The smallest absolute Gasteiger partial charge is 0.129 e. The third kappa shape index (κ3) is 3.10. The van der Waals surface area contributed by atoms with Gasteiger partial charge in [0.1, 0.15) is 5.82 Å². The maximum Gasteiger partial charge on any atom is 0.129 e. The molecule has 0 atom stereocenters. The zero-order valence-corrected chi connectivity index (χ0v) is 13.1. The topological polar surface area (TPSA) is 24.9 Å². The molecule has 1 aliphatic carbocycles. The first-order chi connectivity index (χ1) is 9.00. The van der Waals surface area contributed by atoms with Crippen LogP contribution in [0.15, 0.2) is 0 Å². The van der Waals surface area contributed by atoms with Crippen LogP contribution >= 0.6 is 0 Å². The number of hydrogen-bond acceptors (Lipinski definition) is 2. The molecule has 0 aliphatic heterocycles. The highest BCUT2D eigenvalue weighted by molar-refractivity contribution is 5.54. The minimum atomic E-state index is 0.447. The van der Waals surface area contributed by atoms with Crippen molar-refractivity contribution in [2.45, 2.75) is 78.7 Å². The molecule has 0 fully saturated rings. The molecule has 2 rings (SSSR count). The van der Waals surface area contributed by atoms with Crippen LogP contribution in [0.5, 0.6) is 0 Å². The highest BCUT2D eigenvalue weighted by Gasteiger charge is 2.20. The predicted molar refractivity (Wildman–Crippen MR) is 83.1 cm³/mol. The number of hydrogen-bond donors (Lipinski definition) is 1. The summed E-state index contributed by atoms with van der Waals surface area (Å²) in [6.45, 7) is 11.2. The first-order valence-electron chi connectivity index (χ1n) is 7.79. The van der Waals surface area contributed by atoms with Crippen LogP contribution in [-0.4, -0.2) is 11.0 Å². The summed E-state index contributed by atoms with van der Waals surface area (Å²) in [5.74, 6) is 1.66. The first-order valence-corrected chi connectivity index (χ1v) is 7.79. The van der Waals surface area contributed by atoms with Crippen LogP contribution in [0, 0.1) is 6.92 Å². The van der Waals surface area contributed by atoms with Gasteiger partial charge in [0.15, 0.2) is 0 Å². The van der Waals surface area contributed by atoms with Crippen LogP contribution in [-0.2, 0) is 12.8 Å². The first kappa shape index (κ1) is 14.4. The summed E-state index contributed by atoms with van der Waals surface area (Å²) >= 11 is 0. The molecule has 19 heavy (non-hydrogen) atoms. The molecule has 1 aromatic rings. The number of nitrogens with one attached hydrogen (secondary N) is 1. The summed E-state index contributed by atoms with van der Waals surface area (Å²) < 4.78 is 0. The molecular weight excluding hydrogens is 232 g/mol. The second-order valence-electron chi connectivity index (χ2n) is 6.44. The van der Waals surface area contributed by atoms with E-state index in [9.17, 15) is 0 Å². The zero-order chi connectivity index (χ0) is 14.0. The van der Waals surface area contributed by atoms with Crippen molar-refractivity contribution in [2.75, 3.05) is 5.32 Å². The molecule has 0 saturated heterocycles. The van der Waals surface area contributed by atoms with Crippen LogP contribution < -0.4 is 5.32 Å². The summed E-state index contributed by atoms with van der Waals surface area (Å²) in [6, 6.07) is 0.447. The van der Waals surface area contributed by atoms with Gasteiger partial charge < -0.3 is 5.32 Å². The fourth-order valence-electron chi connectivity index (χ4n) is 3.14. The SMILES string of the molecule is Cc1c(C(C)C)nc(NC(C)C)c2c1CCCCC2. The van der Waals surface area contributed by atoms with Gasteiger partial charge >= 0.3 is 0 Å². The molecule has 0 spiro atoms. The third-order valence-corrected chi connectivity index (χ3v) is 4.05. The number of rotatable bonds is 3. The normalized spacial score (nSPS) is 15.5. The van der Waals surface area contributed by atoms with Crippen molar-refractivity contribution in [1.82, 2.24) is 4.98 Å². The Bertz CT molecular complexity index is 447. The molecule has 1 heterocycles. The summed E-state index contributed by atoms with van der Waals surface area (Å²) in [5, 5.41) is 3.57. The van der Waals surface area contributed by atoms with Crippen molar-refractivity contribution in [2.24, 2.45) is 0 Å². The van der Waals surface area contributed by atoms with E-state index in [0.29, 0.717) is 12.0 Å². The van der Waals surface area contributed by atoms with Crippen LogP contribution in [0.4, 0.5) is 5.82 Å². The maximum atomic E-state index is 4.96. The van der Waals surface area contributed by atoms with Crippen LogP contribution in [0.3, 0.4) is 0 Å². The number of fused-ring (bicyclic) bond motifs is 1. The van der Waals surface area contributed by atoms with Crippen molar-refractivity contribution in [3.63, 3.8) is 0 Å². The average molecular weight is 260 g/mol. The quantitative estimate of drug-likeness (QED) is 0.803. The molecule has 0 radical (unpaired) electrons. The van der Waals surface area contributed by atoms with Gasteiger partial charge in [0, 0.05) is 11.7 Å². The van der Waals surface area contributed by atoms with Gasteiger partial charge in [-0.1, -0.05) is 20.3 Å². The Kier molecular flexibility index (Phi) is 4.49. The zero-order valence-electron chi connectivity index (χ0n) is 13.1. The summed E-state index contributed by atoms with van der Waals surface area (Å²) in [5.41, 5.74) is 5.80. The van der Waals surface area contributed by atoms with Gasteiger partial charge in [-0.15, -0.1) is 0 Å². The van der Waals surface area contributed by atoms with E-state index < -0.39 is 0 Å². The monoisotopic (exact) mass is 260 g/mol. The van der Waals surface area contributed by atoms with Gasteiger partial charge in [0.05, 0.1) is 0 Å². The molecule has 0 saturated carbocycles. The fraction of sp³-hybridized carbons (Fsp3) is 0.706. The summed E-state index contributed by atoms with van der Waals surface area (Å²) in [4.78, 5) is 4.96. The number of nitrogens with zero attached hydrogens (tertiary/aromatic N) is 1. The second kappa shape index (κ2) is 5.94. The lowest BCUT2D eigenvalue weighted by atomic mass is 9.93. The highest BCUT2D eigenvalue weighted by Crippen LogP contribution is 2.32. The molecule has 0 bridgehead atoms. The molecule has 106 valence electrons. The van der Waals surface area contributed by atoms with E-state index in [1.165, 1.54) is 48.9 Å². The lowest BCUT2D eigenvalue weighted by Gasteiger charge is -2.22. The Labute approximate surface area is 118 Å². The number of pyridine rings is 1. The van der Waals surface area contributed by atoms with Crippen molar-refractivity contribution >= 4 is 5.82 Å². The van der Waals surface area contributed by atoms with Crippen LogP contribution in [0.25, 0.3) is 0 Å². The molecule has 1 N–H and O–H groups in total. The van der Waals surface area contributed by atoms with Gasteiger partial charge in [-0.3, -0.25) is 0 Å². The molecule has 0 aromatic carbocycles. The van der Waals surface area contributed by atoms with E-state index in [0.717, 1.165) is 5.82 Å². The van der Waals surface area contributed by atoms with E-state index >= 15 is 0 Å². The standard InChI is InChI=1S/C17H28N2/c1-11(2)16-13(5)14-9-7-6-8-10-15(14)17(19-16)18-12(3)4/h11-12H,6-10H2,1-5H3,(H,18,19). The van der Waals surface area contributed by atoms with Crippen molar-refractivity contribution < 1.29 is 0 Å². The lowest BCUT2D eigenvalue weighted by molar-refractivity contribution is 0.710. The van der Waals surface area contributed by atoms with Gasteiger partial charge in [0.25, 0.3) is 0 Å². The third-order valence-electron chi connectivity index (χ3n) is 4.05. The van der Waals surface area contributed by atoms with E-state index in [1.807, 2.05) is 0 Å². The Hall–Kier alpha value is -1.05. The van der Waals surface area contributed by atoms with E-state index in [2.05, 4.69) is 39.9 Å². The van der Waals surface area contributed by atoms with Gasteiger partial charge in [0.2, 0.25) is 0 Å². The van der Waals surface area contributed by atoms with Crippen molar-refractivity contribution in [3.05, 3.63) is 22.4 Å². The Morgan fingerprint density at radius 1 is 0.947 bits per heavy atom. The minimum absolute atomic E-state index is 0.447. The molecule has 0 unspecified atom stereocenters. The second-order valence-corrected chi connectivity index (χ2v) is 6.44. The van der Waals surface area contributed by atoms with Crippen LogP contribution in [0.1, 0.15) is 75.3 Å². The molecule has 0 amide bonds. The predicted octanol–water partition coefficient (Wildman–Crippen LogP) is 4.60. The highest BCUT2D eigenvalue weighted by atomic mass is 15.0. The van der Waals surface area contributed by atoms with Crippen LogP contribution in [0.2, 0.25) is 0 Å². The molecular formula is C17H28N2. The molecule has 2 nitrogen and oxygen atoms in total. The van der Waals surface area contributed by atoms with Gasteiger partial charge in [-0.2, -0.15) is 0 Å². The van der Waals surface area contributed by atoms with Gasteiger partial charge in [-0.25, -0.2) is 4.98 Å². The minimum Gasteiger partial charge on any atom is -0.368 e. The van der Waals surface area contributed by atoms with E-state index in [4.69, 9.17) is 4.98 Å². The Morgan fingerprint density at radius 3 is 2.16 bits per heavy atom. The van der Waals surface area contributed by atoms with E-state index in [1.54, 1.807) is 5.56 Å². The van der Waals surface area contributed by atoms with Crippen molar-refractivity contribution in [1.29, 1.82) is 0 Å². The fourth-order valence-corrected chi connectivity index (χ4v) is 3.14. The Morgan fingerprint density at radius 2 is 1.58 bits per heavy atom. The summed E-state index contributed by atoms with van der Waals surface area (Å²) in [7, 11) is 0. The number of aromatic nitrogens is 1. The Balaban J connectivity index is 2.55. The average Bonchev–Trinajstić information content (AvgIpc) is 2.57. The lowest BCUT2D eigenvalue weighted by Crippen LogP contribution is -2.16. The molecule has 1 aliphatic rings.